The fourth-order valence-corrected chi connectivity index (χ4v) is 3.92. The number of likely N-dealkylation sites (tertiary alicyclic amines) is 2. The number of hydrogen-bond donors (Lipinski definition) is 1. The first-order chi connectivity index (χ1) is 10.4. The molecule has 0 bridgehead atoms. The maximum atomic E-state index is 12.6. The van der Waals surface area contributed by atoms with E-state index in [2.05, 4.69) is 11.8 Å². The lowest BCUT2D eigenvalue weighted by Gasteiger charge is -2.41. The molecule has 2 heterocycles. The van der Waals surface area contributed by atoms with Crippen molar-refractivity contribution in [3.8, 4) is 0 Å². The van der Waals surface area contributed by atoms with Gasteiger partial charge in [0.25, 0.3) is 0 Å². The average molecular weight is 311 g/mol. The van der Waals surface area contributed by atoms with Gasteiger partial charge in [-0.1, -0.05) is 13.3 Å². The lowest BCUT2D eigenvalue weighted by molar-refractivity contribution is -0.138. The zero-order valence-electron chi connectivity index (χ0n) is 14.6. The lowest BCUT2D eigenvalue weighted by Crippen LogP contribution is -2.53. The summed E-state index contributed by atoms with van der Waals surface area (Å²) in [4.78, 5) is 18.9. The van der Waals surface area contributed by atoms with Crippen LogP contribution in [0.2, 0.25) is 0 Å². The summed E-state index contributed by atoms with van der Waals surface area (Å²) in [5, 5.41) is 10.6. The van der Waals surface area contributed by atoms with Gasteiger partial charge in [0.15, 0.2) is 0 Å². The van der Waals surface area contributed by atoms with E-state index < -0.39 is 5.60 Å². The van der Waals surface area contributed by atoms with Gasteiger partial charge in [0.1, 0.15) is 0 Å². The second kappa shape index (κ2) is 7.75. The molecule has 1 N–H and O–H groups in total. The van der Waals surface area contributed by atoms with Crippen molar-refractivity contribution in [2.75, 3.05) is 46.8 Å². The van der Waals surface area contributed by atoms with Crippen molar-refractivity contribution in [3.05, 3.63) is 0 Å². The van der Waals surface area contributed by atoms with Crippen molar-refractivity contribution in [1.82, 2.24) is 14.7 Å². The largest absolute Gasteiger partial charge is 0.388 e. The summed E-state index contributed by atoms with van der Waals surface area (Å²) in [7, 11) is 3.97. The molecule has 1 amide bonds. The fourth-order valence-electron chi connectivity index (χ4n) is 3.92. The van der Waals surface area contributed by atoms with Crippen LogP contribution in [0.15, 0.2) is 0 Å². The third kappa shape index (κ3) is 4.67. The van der Waals surface area contributed by atoms with E-state index in [1.807, 2.05) is 23.9 Å². The van der Waals surface area contributed by atoms with Gasteiger partial charge in [-0.15, -0.1) is 0 Å². The molecule has 2 saturated heterocycles. The Bertz CT molecular complexity index is 365. The number of piperidine rings is 2. The zero-order chi connectivity index (χ0) is 16.2. The SMILES string of the molecule is CC[C@H]1CCCCN1CC(=O)N1CCC(O)(CN(C)C)CC1. The number of amides is 1. The first-order valence-electron chi connectivity index (χ1n) is 8.82. The van der Waals surface area contributed by atoms with Gasteiger partial charge >= 0.3 is 0 Å². The van der Waals surface area contributed by atoms with Gasteiger partial charge in [0.05, 0.1) is 12.1 Å². The van der Waals surface area contributed by atoms with E-state index in [-0.39, 0.29) is 5.91 Å². The number of nitrogens with zero attached hydrogens (tertiary/aromatic N) is 3. The van der Waals surface area contributed by atoms with Crippen molar-refractivity contribution >= 4 is 5.91 Å². The molecule has 128 valence electrons. The second-order valence-corrected chi connectivity index (χ2v) is 7.37. The Morgan fingerprint density at radius 3 is 2.50 bits per heavy atom. The van der Waals surface area contributed by atoms with E-state index in [0.717, 1.165) is 13.0 Å². The summed E-state index contributed by atoms with van der Waals surface area (Å²) >= 11 is 0. The quantitative estimate of drug-likeness (QED) is 0.828. The van der Waals surface area contributed by atoms with E-state index in [1.54, 1.807) is 0 Å². The van der Waals surface area contributed by atoms with Gasteiger partial charge in [-0.2, -0.15) is 0 Å². The molecule has 0 aromatic carbocycles. The Kier molecular flexibility index (Phi) is 6.24. The van der Waals surface area contributed by atoms with Crippen LogP contribution >= 0.6 is 0 Å². The minimum Gasteiger partial charge on any atom is -0.388 e. The van der Waals surface area contributed by atoms with Crippen LogP contribution in [0.1, 0.15) is 45.4 Å². The number of likely N-dealkylation sites (N-methyl/N-ethyl adjacent to an activating group) is 1. The molecule has 0 radical (unpaired) electrons. The molecule has 22 heavy (non-hydrogen) atoms. The Hall–Kier alpha value is -0.650. The molecular weight excluding hydrogens is 278 g/mol. The smallest absolute Gasteiger partial charge is 0.236 e. The third-order valence-electron chi connectivity index (χ3n) is 5.22. The molecule has 2 fully saturated rings. The highest BCUT2D eigenvalue weighted by atomic mass is 16.3. The number of carbonyl (C=O) groups is 1. The molecule has 2 aliphatic rings. The molecule has 5 heteroatoms. The summed E-state index contributed by atoms with van der Waals surface area (Å²) in [5.41, 5.74) is -0.628. The standard InChI is InChI=1S/C17H33N3O2/c1-4-15-7-5-6-10-20(15)13-16(21)19-11-8-17(22,9-12-19)14-18(2)3/h15,22H,4-14H2,1-3H3/t15-/m0/s1. The minimum atomic E-state index is -0.628. The number of rotatable bonds is 5. The van der Waals surface area contributed by atoms with Crippen LogP contribution in [0, 0.1) is 0 Å². The number of hydrogen-bond acceptors (Lipinski definition) is 4. The summed E-state index contributed by atoms with van der Waals surface area (Å²) in [5.74, 6) is 0.243. The Balaban J connectivity index is 1.82. The van der Waals surface area contributed by atoms with E-state index in [0.29, 0.717) is 45.1 Å². The maximum Gasteiger partial charge on any atom is 0.236 e. The zero-order valence-corrected chi connectivity index (χ0v) is 14.6. The van der Waals surface area contributed by atoms with E-state index in [9.17, 15) is 9.90 Å². The molecule has 0 aliphatic carbocycles. The second-order valence-electron chi connectivity index (χ2n) is 7.37. The maximum absolute atomic E-state index is 12.6. The van der Waals surface area contributed by atoms with Crippen molar-refractivity contribution in [2.24, 2.45) is 0 Å². The van der Waals surface area contributed by atoms with E-state index in [4.69, 9.17) is 0 Å². The molecule has 2 aliphatic heterocycles. The van der Waals surface area contributed by atoms with Crippen LogP contribution < -0.4 is 0 Å². The summed E-state index contributed by atoms with van der Waals surface area (Å²) in [6, 6.07) is 0.577. The van der Waals surface area contributed by atoms with Gasteiger partial charge in [0.2, 0.25) is 5.91 Å². The van der Waals surface area contributed by atoms with Crippen molar-refractivity contribution < 1.29 is 9.90 Å². The average Bonchev–Trinajstić information content (AvgIpc) is 2.47. The monoisotopic (exact) mass is 311 g/mol. The number of aliphatic hydroxyl groups is 1. The Morgan fingerprint density at radius 1 is 1.23 bits per heavy atom. The normalized spacial score (nSPS) is 26.4. The predicted octanol–water partition coefficient (Wildman–Crippen LogP) is 1.17. The Morgan fingerprint density at radius 2 is 1.91 bits per heavy atom. The predicted molar refractivity (Wildman–Crippen MR) is 88.8 cm³/mol. The van der Waals surface area contributed by atoms with Crippen LogP contribution in [0.5, 0.6) is 0 Å². The molecule has 0 unspecified atom stereocenters. The first-order valence-corrected chi connectivity index (χ1v) is 8.82. The highest BCUT2D eigenvalue weighted by Crippen LogP contribution is 2.24. The molecule has 2 rings (SSSR count). The molecule has 1 atom stereocenters. The molecule has 0 aromatic rings. The van der Waals surface area contributed by atoms with Crippen molar-refractivity contribution in [3.63, 3.8) is 0 Å². The van der Waals surface area contributed by atoms with Gasteiger partial charge in [-0.05, 0) is 52.7 Å². The third-order valence-corrected chi connectivity index (χ3v) is 5.22. The molecule has 5 nitrogen and oxygen atoms in total. The molecule has 0 spiro atoms. The van der Waals surface area contributed by atoms with Crippen molar-refractivity contribution in [2.45, 2.75) is 57.1 Å². The topological polar surface area (TPSA) is 47.0 Å². The highest BCUT2D eigenvalue weighted by Gasteiger charge is 2.35. The van der Waals surface area contributed by atoms with Gasteiger partial charge in [0, 0.05) is 25.7 Å². The fraction of sp³-hybridized carbons (Fsp3) is 0.941. The summed E-state index contributed by atoms with van der Waals surface area (Å²) in [6.45, 7) is 5.89. The first kappa shape index (κ1) is 17.7. The van der Waals surface area contributed by atoms with Gasteiger partial charge < -0.3 is 14.9 Å². The van der Waals surface area contributed by atoms with Crippen molar-refractivity contribution in [1.29, 1.82) is 0 Å². The van der Waals surface area contributed by atoms with Crippen LogP contribution in [0.3, 0.4) is 0 Å². The lowest BCUT2D eigenvalue weighted by atomic mass is 9.91. The molecular formula is C17H33N3O2. The van der Waals surface area contributed by atoms with Gasteiger partial charge in [-0.25, -0.2) is 0 Å². The van der Waals surface area contributed by atoms with E-state index >= 15 is 0 Å². The van der Waals surface area contributed by atoms with Crippen LogP contribution in [-0.2, 0) is 4.79 Å². The Labute approximate surface area is 135 Å². The van der Waals surface area contributed by atoms with Crippen LogP contribution in [0.25, 0.3) is 0 Å². The molecule has 0 aromatic heterocycles. The summed E-state index contributed by atoms with van der Waals surface area (Å²) in [6.07, 6.45) is 6.25. The van der Waals surface area contributed by atoms with E-state index in [1.165, 1.54) is 19.3 Å². The van der Waals surface area contributed by atoms with Crippen LogP contribution in [0.4, 0.5) is 0 Å². The minimum absolute atomic E-state index is 0.243. The highest BCUT2D eigenvalue weighted by molar-refractivity contribution is 5.78. The summed E-state index contributed by atoms with van der Waals surface area (Å²) < 4.78 is 0. The van der Waals surface area contributed by atoms with Crippen LogP contribution in [-0.4, -0.2) is 84.2 Å². The van der Waals surface area contributed by atoms with Gasteiger partial charge in [-0.3, -0.25) is 9.69 Å². The number of carbonyl (C=O) groups excluding carboxylic acids is 1. The molecule has 0 saturated carbocycles.